The summed E-state index contributed by atoms with van der Waals surface area (Å²) in [5.41, 5.74) is -0.222. The lowest BCUT2D eigenvalue weighted by Crippen LogP contribution is -2.43. The molecule has 2 fully saturated rings. The highest BCUT2D eigenvalue weighted by Crippen LogP contribution is 2.44. The van der Waals surface area contributed by atoms with E-state index in [4.69, 9.17) is 4.74 Å². The quantitative estimate of drug-likeness (QED) is 0.627. The molecule has 1 saturated heterocycles. The van der Waals surface area contributed by atoms with Crippen molar-refractivity contribution in [3.05, 3.63) is 0 Å². The van der Waals surface area contributed by atoms with Crippen LogP contribution in [0.15, 0.2) is 0 Å². The van der Waals surface area contributed by atoms with Crippen LogP contribution in [0.2, 0.25) is 0 Å². The van der Waals surface area contributed by atoms with Crippen LogP contribution in [0.3, 0.4) is 0 Å². The van der Waals surface area contributed by atoms with Gasteiger partial charge in [-0.15, -0.1) is 0 Å². The van der Waals surface area contributed by atoms with Crippen LogP contribution in [-0.4, -0.2) is 28.2 Å². The van der Waals surface area contributed by atoms with Crippen molar-refractivity contribution in [2.45, 2.75) is 42.2 Å². The summed E-state index contributed by atoms with van der Waals surface area (Å²) in [5.74, 6) is 0. The Kier molecular flexibility index (Phi) is 1.98. The molecule has 0 amide bonds. The third-order valence-corrected chi connectivity index (χ3v) is 4.11. The number of rotatable bonds is 0. The summed E-state index contributed by atoms with van der Waals surface area (Å²) in [6, 6.07) is 0. The summed E-state index contributed by atoms with van der Waals surface area (Å²) >= 11 is 3.58. The summed E-state index contributed by atoms with van der Waals surface area (Å²) in [4.78, 5) is 0.368. The Hall–Kier alpha value is 0.400. The van der Waals surface area contributed by atoms with E-state index in [1.54, 1.807) is 0 Å². The van der Waals surface area contributed by atoms with Crippen LogP contribution in [0.25, 0.3) is 0 Å². The molecule has 3 unspecified atom stereocenters. The van der Waals surface area contributed by atoms with Gasteiger partial charge in [-0.05, 0) is 25.7 Å². The molecule has 0 radical (unpaired) electrons. The average Bonchev–Trinajstić information content (AvgIpc) is 2.48. The van der Waals surface area contributed by atoms with Crippen LogP contribution < -0.4 is 0 Å². The van der Waals surface area contributed by atoms with E-state index in [0.717, 1.165) is 32.3 Å². The van der Waals surface area contributed by atoms with Gasteiger partial charge in [-0.25, -0.2) is 0 Å². The molecule has 2 aliphatic rings. The molecule has 1 aliphatic carbocycles. The first-order valence-electron chi connectivity index (χ1n) is 4.22. The molecule has 1 N–H and O–H groups in total. The maximum Gasteiger partial charge on any atom is 0.106 e. The van der Waals surface area contributed by atoms with E-state index in [0.29, 0.717) is 4.83 Å². The highest BCUT2D eigenvalue weighted by atomic mass is 79.9. The standard InChI is InChI=1S/C8H13BrO2/c9-6-3-5-11-8(6)4-1-2-7(8)10/h6-7,10H,1-5H2. The van der Waals surface area contributed by atoms with Gasteiger partial charge in [-0.3, -0.25) is 0 Å². The Morgan fingerprint density at radius 2 is 2.27 bits per heavy atom. The largest absolute Gasteiger partial charge is 0.390 e. The van der Waals surface area contributed by atoms with Crippen molar-refractivity contribution in [2.24, 2.45) is 0 Å². The Labute approximate surface area is 75.1 Å². The van der Waals surface area contributed by atoms with E-state index in [2.05, 4.69) is 15.9 Å². The van der Waals surface area contributed by atoms with Gasteiger partial charge in [-0.1, -0.05) is 15.9 Å². The fourth-order valence-corrected chi connectivity index (χ4v) is 3.06. The van der Waals surface area contributed by atoms with E-state index in [1.807, 2.05) is 0 Å². The van der Waals surface area contributed by atoms with Crippen LogP contribution in [0.5, 0.6) is 0 Å². The smallest absolute Gasteiger partial charge is 0.106 e. The Bertz CT molecular complexity index is 142. The van der Waals surface area contributed by atoms with Crippen molar-refractivity contribution in [1.29, 1.82) is 0 Å². The number of alkyl halides is 1. The maximum atomic E-state index is 9.69. The second kappa shape index (κ2) is 2.71. The minimum Gasteiger partial charge on any atom is -0.390 e. The summed E-state index contributed by atoms with van der Waals surface area (Å²) < 4.78 is 5.63. The molecule has 0 aromatic rings. The van der Waals surface area contributed by atoms with Crippen molar-refractivity contribution in [1.82, 2.24) is 0 Å². The van der Waals surface area contributed by atoms with E-state index in [-0.39, 0.29) is 11.7 Å². The van der Waals surface area contributed by atoms with E-state index in [9.17, 15) is 5.11 Å². The fraction of sp³-hybridized carbons (Fsp3) is 1.00. The Balaban J connectivity index is 2.19. The monoisotopic (exact) mass is 220 g/mol. The van der Waals surface area contributed by atoms with Gasteiger partial charge in [0.15, 0.2) is 0 Å². The molecule has 1 aliphatic heterocycles. The van der Waals surface area contributed by atoms with Crippen molar-refractivity contribution < 1.29 is 9.84 Å². The minimum atomic E-state index is -0.241. The second-order valence-corrected chi connectivity index (χ2v) is 4.57. The molecule has 3 atom stereocenters. The zero-order valence-corrected chi connectivity index (χ0v) is 8.01. The number of aliphatic hydroxyl groups is 1. The molecule has 1 spiro atoms. The molecule has 0 aromatic carbocycles. The molecule has 1 saturated carbocycles. The van der Waals surface area contributed by atoms with Crippen molar-refractivity contribution in [2.75, 3.05) is 6.61 Å². The molecule has 2 nitrogen and oxygen atoms in total. The predicted octanol–water partition coefficient (Wildman–Crippen LogP) is 1.45. The first-order valence-corrected chi connectivity index (χ1v) is 5.13. The molecule has 3 heteroatoms. The van der Waals surface area contributed by atoms with Crippen LogP contribution in [0.4, 0.5) is 0 Å². The Morgan fingerprint density at radius 1 is 1.45 bits per heavy atom. The summed E-state index contributed by atoms with van der Waals surface area (Å²) in [5, 5.41) is 9.69. The van der Waals surface area contributed by atoms with Gasteiger partial charge >= 0.3 is 0 Å². The SMILES string of the molecule is OC1CCCC12OCCC2Br. The first-order chi connectivity index (χ1) is 5.26. The number of hydrogen-bond donors (Lipinski definition) is 1. The topological polar surface area (TPSA) is 29.5 Å². The Morgan fingerprint density at radius 3 is 2.73 bits per heavy atom. The third kappa shape index (κ3) is 1.05. The number of hydrogen-bond acceptors (Lipinski definition) is 2. The van der Waals surface area contributed by atoms with Crippen molar-refractivity contribution >= 4 is 15.9 Å². The van der Waals surface area contributed by atoms with Gasteiger partial charge in [0.2, 0.25) is 0 Å². The molecule has 0 aromatic heterocycles. The van der Waals surface area contributed by atoms with Crippen molar-refractivity contribution in [3.8, 4) is 0 Å². The molecular weight excluding hydrogens is 208 g/mol. The molecule has 11 heavy (non-hydrogen) atoms. The van der Waals surface area contributed by atoms with Gasteiger partial charge in [-0.2, -0.15) is 0 Å². The normalized spacial score (nSPS) is 50.7. The average molecular weight is 221 g/mol. The van der Waals surface area contributed by atoms with Gasteiger partial charge in [0.25, 0.3) is 0 Å². The van der Waals surface area contributed by atoms with Gasteiger partial charge in [0, 0.05) is 11.4 Å². The summed E-state index contributed by atoms with van der Waals surface area (Å²) in [6.07, 6.45) is 3.82. The zero-order chi connectivity index (χ0) is 7.90. The van der Waals surface area contributed by atoms with E-state index < -0.39 is 0 Å². The van der Waals surface area contributed by atoms with Gasteiger partial charge in [0.05, 0.1) is 6.10 Å². The minimum absolute atomic E-state index is 0.222. The lowest BCUT2D eigenvalue weighted by molar-refractivity contribution is -0.0666. The first kappa shape index (κ1) is 8.02. The van der Waals surface area contributed by atoms with Gasteiger partial charge < -0.3 is 9.84 Å². The van der Waals surface area contributed by atoms with Crippen LogP contribution in [-0.2, 0) is 4.74 Å². The lowest BCUT2D eigenvalue weighted by Gasteiger charge is -2.30. The lowest BCUT2D eigenvalue weighted by atomic mass is 9.96. The molecular formula is C8H13BrO2. The summed E-state index contributed by atoms with van der Waals surface area (Å²) in [7, 11) is 0. The molecule has 64 valence electrons. The summed E-state index contributed by atoms with van der Waals surface area (Å²) in [6.45, 7) is 0.799. The zero-order valence-electron chi connectivity index (χ0n) is 6.42. The van der Waals surface area contributed by atoms with E-state index >= 15 is 0 Å². The third-order valence-electron chi connectivity index (χ3n) is 2.88. The number of ether oxygens (including phenoxy) is 1. The van der Waals surface area contributed by atoms with Crippen LogP contribution >= 0.6 is 15.9 Å². The highest BCUT2D eigenvalue weighted by Gasteiger charge is 2.51. The fourth-order valence-electron chi connectivity index (χ4n) is 2.20. The second-order valence-electron chi connectivity index (χ2n) is 3.47. The van der Waals surface area contributed by atoms with Crippen LogP contribution in [0.1, 0.15) is 25.7 Å². The number of halogens is 1. The van der Waals surface area contributed by atoms with Crippen molar-refractivity contribution in [3.63, 3.8) is 0 Å². The number of aliphatic hydroxyl groups excluding tert-OH is 1. The van der Waals surface area contributed by atoms with Crippen LogP contribution in [0, 0.1) is 0 Å². The maximum absolute atomic E-state index is 9.69. The van der Waals surface area contributed by atoms with E-state index in [1.165, 1.54) is 0 Å². The molecule has 2 rings (SSSR count). The molecule has 1 heterocycles. The highest BCUT2D eigenvalue weighted by molar-refractivity contribution is 9.09. The molecule has 0 bridgehead atoms. The van der Waals surface area contributed by atoms with Gasteiger partial charge in [0.1, 0.15) is 5.60 Å². The predicted molar refractivity (Wildman–Crippen MR) is 45.9 cm³/mol.